The smallest absolute Gasteiger partial charge is 0.225 e. The first-order chi connectivity index (χ1) is 14.0. The van der Waals surface area contributed by atoms with Crippen LogP contribution in [0.15, 0.2) is 42.9 Å². The zero-order chi connectivity index (χ0) is 20.4. The number of nitrogens with zero attached hydrogens (tertiary/aromatic N) is 6. The lowest BCUT2D eigenvalue weighted by atomic mass is 9.99. The number of benzene rings is 1. The number of aryl methyl sites for hydroxylation is 1. The molecule has 0 amide bonds. The van der Waals surface area contributed by atoms with Crippen LogP contribution in [-0.4, -0.2) is 45.3 Å². The van der Waals surface area contributed by atoms with E-state index >= 15 is 0 Å². The second-order valence-corrected chi connectivity index (χ2v) is 7.71. The quantitative estimate of drug-likeness (QED) is 0.635. The minimum absolute atomic E-state index is 0.167. The van der Waals surface area contributed by atoms with Crippen LogP contribution in [0.3, 0.4) is 0 Å². The summed E-state index contributed by atoms with van der Waals surface area (Å²) in [6.07, 6.45) is 8.01. The highest BCUT2D eigenvalue weighted by Gasteiger charge is 2.30. The molecule has 152 valence electrons. The van der Waals surface area contributed by atoms with Crippen molar-refractivity contribution in [2.24, 2.45) is 0 Å². The molecule has 7 heteroatoms. The maximum atomic E-state index is 13.9. The minimum Gasteiger partial charge on any atom is -0.347 e. The Morgan fingerprint density at radius 1 is 1.24 bits per heavy atom. The van der Waals surface area contributed by atoms with Crippen LogP contribution in [0.25, 0.3) is 11.1 Å². The summed E-state index contributed by atoms with van der Waals surface area (Å²) in [5.41, 5.74) is 3.88. The van der Waals surface area contributed by atoms with Gasteiger partial charge in [0, 0.05) is 50.7 Å². The molecule has 1 saturated heterocycles. The Labute approximate surface area is 171 Å². The number of anilines is 1. The Morgan fingerprint density at radius 3 is 2.83 bits per heavy atom. The van der Waals surface area contributed by atoms with Gasteiger partial charge in [0.1, 0.15) is 5.82 Å². The van der Waals surface area contributed by atoms with Crippen molar-refractivity contribution in [1.29, 1.82) is 0 Å². The number of hydrogen-bond donors (Lipinski definition) is 0. The molecule has 0 radical (unpaired) electrons. The third-order valence-electron chi connectivity index (χ3n) is 5.42. The van der Waals surface area contributed by atoms with Crippen LogP contribution < -0.4 is 4.90 Å². The van der Waals surface area contributed by atoms with Gasteiger partial charge in [0.05, 0.1) is 17.9 Å². The molecular formula is C22H27FN6. The zero-order valence-corrected chi connectivity index (χ0v) is 17.2. The lowest BCUT2D eigenvalue weighted by Gasteiger charge is -2.26. The van der Waals surface area contributed by atoms with Crippen LogP contribution in [0.5, 0.6) is 0 Å². The summed E-state index contributed by atoms with van der Waals surface area (Å²) in [4.78, 5) is 13.8. The molecule has 29 heavy (non-hydrogen) atoms. The van der Waals surface area contributed by atoms with Crippen LogP contribution in [0, 0.1) is 5.82 Å². The first kappa shape index (κ1) is 19.5. The maximum absolute atomic E-state index is 13.9. The Kier molecular flexibility index (Phi) is 5.58. The van der Waals surface area contributed by atoms with Crippen LogP contribution in [0.1, 0.15) is 37.1 Å². The molecule has 4 rings (SSSR count). The van der Waals surface area contributed by atoms with Crippen molar-refractivity contribution in [2.75, 3.05) is 25.5 Å². The number of rotatable bonds is 6. The summed E-state index contributed by atoms with van der Waals surface area (Å²) in [6, 6.07) is 6.85. The standard InChI is InChI=1S/C22H27FN6/c1-4-29-15-16(12-25-29)14-28-10-6-9-20(28)21-19(13-24-22(26-21)27(2)3)17-7-5-8-18(23)11-17/h5,7-8,11-13,15,20H,4,6,9-10,14H2,1-3H3. The van der Waals surface area contributed by atoms with E-state index in [9.17, 15) is 4.39 Å². The van der Waals surface area contributed by atoms with Gasteiger partial charge in [-0.25, -0.2) is 14.4 Å². The van der Waals surface area contributed by atoms with Crippen molar-refractivity contribution in [3.05, 3.63) is 59.9 Å². The second-order valence-electron chi connectivity index (χ2n) is 7.71. The molecule has 3 aromatic rings. The van der Waals surface area contributed by atoms with E-state index in [4.69, 9.17) is 4.98 Å². The lowest BCUT2D eigenvalue weighted by Crippen LogP contribution is -2.25. The Bertz CT molecular complexity index is 983. The normalized spacial score (nSPS) is 17.0. The number of likely N-dealkylation sites (tertiary alicyclic amines) is 1. The molecule has 1 fully saturated rings. The topological polar surface area (TPSA) is 50.1 Å². The molecule has 2 aromatic heterocycles. The molecule has 0 N–H and O–H groups in total. The van der Waals surface area contributed by atoms with E-state index < -0.39 is 0 Å². The molecule has 0 saturated carbocycles. The fourth-order valence-electron chi connectivity index (χ4n) is 3.95. The highest BCUT2D eigenvalue weighted by Crippen LogP contribution is 2.38. The Hall–Kier alpha value is -2.80. The molecule has 1 unspecified atom stereocenters. The second kappa shape index (κ2) is 8.29. The summed E-state index contributed by atoms with van der Waals surface area (Å²) < 4.78 is 15.9. The van der Waals surface area contributed by atoms with Crippen LogP contribution >= 0.6 is 0 Å². The highest BCUT2D eigenvalue weighted by atomic mass is 19.1. The van der Waals surface area contributed by atoms with Crippen molar-refractivity contribution in [2.45, 2.75) is 38.9 Å². The van der Waals surface area contributed by atoms with Gasteiger partial charge in [-0.15, -0.1) is 0 Å². The zero-order valence-electron chi connectivity index (χ0n) is 17.2. The van der Waals surface area contributed by atoms with E-state index in [1.807, 2.05) is 42.1 Å². The monoisotopic (exact) mass is 394 g/mol. The van der Waals surface area contributed by atoms with Gasteiger partial charge in [-0.2, -0.15) is 5.10 Å². The molecule has 3 heterocycles. The molecule has 0 aliphatic carbocycles. The molecule has 1 aromatic carbocycles. The molecule has 1 aliphatic rings. The minimum atomic E-state index is -0.250. The van der Waals surface area contributed by atoms with Crippen molar-refractivity contribution in [3.63, 3.8) is 0 Å². The third kappa shape index (κ3) is 4.15. The van der Waals surface area contributed by atoms with Crippen LogP contribution in [-0.2, 0) is 13.1 Å². The summed E-state index contributed by atoms with van der Waals surface area (Å²) in [5.74, 6) is 0.422. The van der Waals surface area contributed by atoms with E-state index in [0.29, 0.717) is 5.95 Å². The average molecular weight is 394 g/mol. The highest BCUT2D eigenvalue weighted by molar-refractivity contribution is 5.66. The van der Waals surface area contributed by atoms with Crippen LogP contribution in [0.4, 0.5) is 10.3 Å². The summed E-state index contributed by atoms with van der Waals surface area (Å²) in [6.45, 7) is 4.79. The van der Waals surface area contributed by atoms with E-state index in [0.717, 1.165) is 49.3 Å². The van der Waals surface area contributed by atoms with Gasteiger partial charge in [0.2, 0.25) is 5.95 Å². The largest absolute Gasteiger partial charge is 0.347 e. The molecule has 6 nitrogen and oxygen atoms in total. The molecule has 0 spiro atoms. The van der Waals surface area contributed by atoms with Crippen molar-refractivity contribution in [3.8, 4) is 11.1 Å². The fraction of sp³-hybridized carbons (Fsp3) is 0.409. The van der Waals surface area contributed by atoms with Crippen molar-refractivity contribution < 1.29 is 4.39 Å². The van der Waals surface area contributed by atoms with Gasteiger partial charge in [0.15, 0.2) is 0 Å². The number of aromatic nitrogens is 4. The first-order valence-electron chi connectivity index (χ1n) is 10.1. The van der Waals surface area contributed by atoms with E-state index in [1.165, 1.54) is 11.6 Å². The number of halogens is 1. The van der Waals surface area contributed by atoms with Crippen LogP contribution in [0.2, 0.25) is 0 Å². The number of hydrogen-bond acceptors (Lipinski definition) is 5. The van der Waals surface area contributed by atoms with Gasteiger partial charge >= 0.3 is 0 Å². The van der Waals surface area contributed by atoms with Gasteiger partial charge in [-0.3, -0.25) is 9.58 Å². The molecular weight excluding hydrogens is 367 g/mol. The molecule has 0 bridgehead atoms. The van der Waals surface area contributed by atoms with Gasteiger partial charge < -0.3 is 4.90 Å². The lowest BCUT2D eigenvalue weighted by molar-refractivity contribution is 0.245. The summed E-state index contributed by atoms with van der Waals surface area (Å²) >= 11 is 0. The summed E-state index contributed by atoms with van der Waals surface area (Å²) in [5, 5.41) is 4.40. The van der Waals surface area contributed by atoms with Gasteiger partial charge in [-0.1, -0.05) is 12.1 Å². The fourth-order valence-corrected chi connectivity index (χ4v) is 3.95. The Morgan fingerprint density at radius 2 is 2.10 bits per heavy atom. The van der Waals surface area contributed by atoms with Crippen molar-refractivity contribution >= 4 is 5.95 Å². The molecule has 1 atom stereocenters. The van der Waals surface area contributed by atoms with Gasteiger partial charge in [0.25, 0.3) is 0 Å². The predicted octanol–water partition coefficient (Wildman–Crippen LogP) is 3.90. The van der Waals surface area contributed by atoms with Crippen molar-refractivity contribution in [1.82, 2.24) is 24.6 Å². The van der Waals surface area contributed by atoms with E-state index in [2.05, 4.69) is 28.1 Å². The average Bonchev–Trinajstić information content (AvgIpc) is 3.37. The third-order valence-corrected chi connectivity index (χ3v) is 5.42. The Balaban J connectivity index is 1.71. The van der Waals surface area contributed by atoms with E-state index in [-0.39, 0.29) is 11.9 Å². The van der Waals surface area contributed by atoms with E-state index in [1.54, 1.807) is 12.1 Å². The van der Waals surface area contributed by atoms with Gasteiger partial charge in [-0.05, 0) is 44.0 Å². The first-order valence-corrected chi connectivity index (χ1v) is 10.1. The molecule has 1 aliphatic heterocycles. The summed E-state index contributed by atoms with van der Waals surface area (Å²) in [7, 11) is 3.87. The maximum Gasteiger partial charge on any atom is 0.225 e. The predicted molar refractivity (Wildman–Crippen MR) is 112 cm³/mol. The SMILES string of the molecule is CCn1cc(CN2CCCC2c2nc(N(C)C)ncc2-c2cccc(F)c2)cn1.